The normalized spacial score (nSPS) is 10.4. The van der Waals surface area contributed by atoms with Crippen LogP contribution in [0.4, 0.5) is 11.4 Å². The van der Waals surface area contributed by atoms with Crippen LogP contribution in [0.5, 0.6) is 0 Å². The zero-order valence-electron chi connectivity index (χ0n) is 13.1. The number of benzene rings is 2. The van der Waals surface area contributed by atoms with E-state index in [1.54, 1.807) is 11.8 Å². The van der Waals surface area contributed by atoms with Crippen LogP contribution in [0.2, 0.25) is 0 Å². The van der Waals surface area contributed by atoms with Crippen molar-refractivity contribution in [1.29, 1.82) is 0 Å². The molecule has 0 heterocycles. The number of nitrogens with one attached hydrogen (secondary N) is 1. The van der Waals surface area contributed by atoms with Crippen molar-refractivity contribution in [2.24, 2.45) is 0 Å². The summed E-state index contributed by atoms with van der Waals surface area (Å²) in [5, 5.41) is 3.48. The minimum Gasteiger partial charge on any atom is -0.381 e. The lowest BCUT2D eigenvalue weighted by Crippen LogP contribution is -2.21. The van der Waals surface area contributed by atoms with Crippen molar-refractivity contribution in [3.63, 3.8) is 0 Å². The van der Waals surface area contributed by atoms with Crippen molar-refractivity contribution in [2.45, 2.75) is 25.3 Å². The third-order valence-corrected chi connectivity index (χ3v) is 4.40. The zero-order chi connectivity index (χ0) is 15.1. The van der Waals surface area contributed by atoms with Gasteiger partial charge in [0.05, 0.1) is 0 Å². The Morgan fingerprint density at radius 1 is 0.905 bits per heavy atom. The van der Waals surface area contributed by atoms with Gasteiger partial charge in [0, 0.05) is 35.9 Å². The van der Waals surface area contributed by atoms with Crippen molar-refractivity contribution in [3.05, 3.63) is 54.1 Å². The summed E-state index contributed by atoms with van der Waals surface area (Å²) < 4.78 is 0. The molecule has 2 aromatic rings. The zero-order valence-corrected chi connectivity index (χ0v) is 13.9. The third-order valence-electron chi connectivity index (χ3n) is 3.65. The average molecular weight is 300 g/mol. The highest BCUT2D eigenvalue weighted by molar-refractivity contribution is 7.98. The van der Waals surface area contributed by atoms with Crippen LogP contribution < -0.4 is 10.2 Å². The van der Waals surface area contributed by atoms with Gasteiger partial charge in [-0.1, -0.05) is 12.1 Å². The van der Waals surface area contributed by atoms with Crippen LogP contribution >= 0.6 is 11.8 Å². The van der Waals surface area contributed by atoms with E-state index in [9.17, 15) is 0 Å². The van der Waals surface area contributed by atoms with Gasteiger partial charge in [0.15, 0.2) is 0 Å². The minimum absolute atomic E-state index is 0.860. The van der Waals surface area contributed by atoms with Crippen LogP contribution in [-0.4, -0.2) is 19.3 Å². The van der Waals surface area contributed by atoms with E-state index >= 15 is 0 Å². The number of hydrogen-bond donors (Lipinski definition) is 1. The highest BCUT2D eigenvalue weighted by Gasteiger charge is 2.01. The number of nitrogens with zero attached hydrogens (tertiary/aromatic N) is 1. The van der Waals surface area contributed by atoms with E-state index in [0.29, 0.717) is 0 Å². The fourth-order valence-electron chi connectivity index (χ4n) is 2.33. The molecule has 0 bridgehead atoms. The molecule has 0 aromatic heterocycles. The van der Waals surface area contributed by atoms with Crippen molar-refractivity contribution in [2.75, 3.05) is 29.6 Å². The first kappa shape index (κ1) is 15.8. The molecule has 2 rings (SSSR count). The molecular weight excluding hydrogens is 276 g/mol. The van der Waals surface area contributed by atoms with Gasteiger partial charge in [0.2, 0.25) is 0 Å². The second-order valence-electron chi connectivity index (χ2n) is 4.92. The number of hydrogen-bond acceptors (Lipinski definition) is 3. The summed E-state index contributed by atoms with van der Waals surface area (Å²) in [5.74, 6) is 0. The van der Waals surface area contributed by atoms with Gasteiger partial charge in [-0.05, 0) is 62.1 Å². The largest absolute Gasteiger partial charge is 0.381 e. The van der Waals surface area contributed by atoms with Crippen LogP contribution in [0.15, 0.2) is 53.4 Å². The molecule has 1 N–H and O–H groups in total. The SMILES string of the molecule is CCN(CC)c1ccc(NCc2ccc(SC)cc2)cc1. The highest BCUT2D eigenvalue weighted by Crippen LogP contribution is 2.19. The van der Waals surface area contributed by atoms with Gasteiger partial charge in [-0.15, -0.1) is 11.8 Å². The molecule has 0 saturated carbocycles. The number of anilines is 2. The topological polar surface area (TPSA) is 15.3 Å². The monoisotopic (exact) mass is 300 g/mol. The lowest BCUT2D eigenvalue weighted by Gasteiger charge is -2.21. The predicted octanol–water partition coefficient (Wildman–Crippen LogP) is 4.87. The second kappa shape index (κ2) is 7.99. The Labute approximate surface area is 132 Å². The molecule has 0 spiro atoms. The molecule has 0 aliphatic rings. The minimum atomic E-state index is 0.860. The molecule has 21 heavy (non-hydrogen) atoms. The van der Waals surface area contributed by atoms with Crippen molar-refractivity contribution in [3.8, 4) is 0 Å². The van der Waals surface area contributed by atoms with E-state index in [1.807, 2.05) is 0 Å². The number of thioether (sulfide) groups is 1. The van der Waals surface area contributed by atoms with E-state index < -0.39 is 0 Å². The standard InChI is InChI=1S/C18H24N2S/c1-4-20(5-2)17-10-8-16(9-11-17)19-14-15-6-12-18(21-3)13-7-15/h6-13,19H,4-5,14H2,1-3H3. The number of rotatable bonds is 7. The van der Waals surface area contributed by atoms with E-state index in [2.05, 4.69) is 78.9 Å². The van der Waals surface area contributed by atoms with Crippen LogP contribution in [0.25, 0.3) is 0 Å². The second-order valence-corrected chi connectivity index (χ2v) is 5.80. The van der Waals surface area contributed by atoms with E-state index in [1.165, 1.54) is 21.8 Å². The maximum atomic E-state index is 3.48. The Hall–Kier alpha value is -1.61. The molecule has 0 aliphatic heterocycles. The van der Waals surface area contributed by atoms with Gasteiger partial charge in [0.25, 0.3) is 0 Å². The average Bonchev–Trinajstić information content (AvgIpc) is 2.55. The van der Waals surface area contributed by atoms with E-state index in [0.717, 1.165) is 19.6 Å². The Bertz CT molecular complexity index is 530. The van der Waals surface area contributed by atoms with Crippen molar-refractivity contribution >= 4 is 23.1 Å². The lowest BCUT2D eigenvalue weighted by molar-refractivity contribution is 0.866. The molecule has 2 nitrogen and oxygen atoms in total. The third kappa shape index (κ3) is 4.43. The smallest absolute Gasteiger partial charge is 0.0400 e. The molecule has 112 valence electrons. The molecule has 3 heteroatoms. The molecule has 0 amide bonds. The van der Waals surface area contributed by atoms with Gasteiger partial charge < -0.3 is 10.2 Å². The first-order valence-corrected chi connectivity index (χ1v) is 8.71. The van der Waals surface area contributed by atoms with Gasteiger partial charge in [0.1, 0.15) is 0 Å². The van der Waals surface area contributed by atoms with Crippen LogP contribution in [0.1, 0.15) is 19.4 Å². The predicted molar refractivity (Wildman–Crippen MR) is 95.6 cm³/mol. The van der Waals surface area contributed by atoms with Gasteiger partial charge in [-0.3, -0.25) is 0 Å². The fraction of sp³-hybridized carbons (Fsp3) is 0.333. The van der Waals surface area contributed by atoms with Crippen molar-refractivity contribution in [1.82, 2.24) is 0 Å². The highest BCUT2D eigenvalue weighted by atomic mass is 32.2. The van der Waals surface area contributed by atoms with Crippen LogP contribution in [0.3, 0.4) is 0 Å². The summed E-state index contributed by atoms with van der Waals surface area (Å²) in [5.41, 5.74) is 3.76. The van der Waals surface area contributed by atoms with E-state index in [-0.39, 0.29) is 0 Å². The molecule has 0 radical (unpaired) electrons. The van der Waals surface area contributed by atoms with Crippen molar-refractivity contribution < 1.29 is 0 Å². The van der Waals surface area contributed by atoms with Crippen LogP contribution in [0, 0.1) is 0 Å². The first-order chi connectivity index (χ1) is 10.3. The molecule has 0 saturated heterocycles. The molecule has 2 aromatic carbocycles. The summed E-state index contributed by atoms with van der Waals surface area (Å²) in [6.45, 7) is 7.33. The molecular formula is C18H24N2S. The molecule has 0 unspecified atom stereocenters. The molecule has 0 atom stereocenters. The first-order valence-electron chi connectivity index (χ1n) is 7.48. The van der Waals surface area contributed by atoms with Gasteiger partial charge in [-0.25, -0.2) is 0 Å². The summed E-state index contributed by atoms with van der Waals surface area (Å²) in [6.07, 6.45) is 2.10. The lowest BCUT2D eigenvalue weighted by atomic mass is 10.2. The maximum absolute atomic E-state index is 3.48. The van der Waals surface area contributed by atoms with Crippen LogP contribution in [-0.2, 0) is 6.54 Å². The molecule has 0 aliphatic carbocycles. The Morgan fingerprint density at radius 2 is 1.52 bits per heavy atom. The quantitative estimate of drug-likeness (QED) is 0.735. The Kier molecular flexibility index (Phi) is 6.00. The van der Waals surface area contributed by atoms with Gasteiger partial charge >= 0.3 is 0 Å². The summed E-state index contributed by atoms with van der Waals surface area (Å²) in [6, 6.07) is 17.4. The maximum Gasteiger partial charge on any atom is 0.0400 e. The fourth-order valence-corrected chi connectivity index (χ4v) is 2.73. The summed E-state index contributed by atoms with van der Waals surface area (Å²) in [7, 11) is 0. The van der Waals surface area contributed by atoms with E-state index in [4.69, 9.17) is 0 Å². The summed E-state index contributed by atoms with van der Waals surface area (Å²) >= 11 is 1.78. The Balaban J connectivity index is 1.93. The Morgan fingerprint density at radius 3 is 2.05 bits per heavy atom. The molecule has 0 fully saturated rings. The van der Waals surface area contributed by atoms with Gasteiger partial charge in [-0.2, -0.15) is 0 Å². The summed E-state index contributed by atoms with van der Waals surface area (Å²) in [4.78, 5) is 3.66.